The standard InChI is InChI=1S/C19H29N3O4/c1-13-16-14(21-24)11-19(2,3)12-15(16)26-17(13)18(23)20-5-4-6-22-7-9-25-10-8-22/h24H,4-12H2,1-3H3,(H,20,23). The summed E-state index contributed by atoms with van der Waals surface area (Å²) in [4.78, 5) is 14.9. The van der Waals surface area contributed by atoms with Crippen LogP contribution < -0.4 is 5.32 Å². The summed E-state index contributed by atoms with van der Waals surface area (Å²) in [7, 11) is 0. The topological polar surface area (TPSA) is 87.3 Å². The van der Waals surface area contributed by atoms with Crippen molar-refractivity contribution in [2.75, 3.05) is 39.4 Å². The molecular weight excluding hydrogens is 334 g/mol. The summed E-state index contributed by atoms with van der Waals surface area (Å²) >= 11 is 0. The molecule has 0 aromatic carbocycles. The Labute approximate surface area is 154 Å². The Bertz CT molecular complexity index is 687. The van der Waals surface area contributed by atoms with Crippen LogP contribution >= 0.6 is 0 Å². The van der Waals surface area contributed by atoms with Gasteiger partial charge in [-0.15, -0.1) is 0 Å². The number of oxime groups is 1. The van der Waals surface area contributed by atoms with Gasteiger partial charge >= 0.3 is 0 Å². The smallest absolute Gasteiger partial charge is 0.287 e. The molecule has 7 heteroatoms. The first-order valence-electron chi connectivity index (χ1n) is 9.33. The molecule has 1 amide bonds. The average Bonchev–Trinajstić information content (AvgIpc) is 2.94. The maximum Gasteiger partial charge on any atom is 0.287 e. The minimum absolute atomic E-state index is 0.0508. The number of carbonyl (C=O) groups is 1. The SMILES string of the molecule is Cc1c(C(=O)NCCCN2CCOCC2)oc2c1C(=NO)CC(C)(C)C2. The maximum atomic E-state index is 12.5. The van der Waals surface area contributed by atoms with Crippen LogP contribution in [-0.2, 0) is 11.2 Å². The second kappa shape index (κ2) is 7.80. The predicted molar refractivity (Wildman–Crippen MR) is 98.1 cm³/mol. The lowest BCUT2D eigenvalue weighted by Crippen LogP contribution is -2.38. The van der Waals surface area contributed by atoms with E-state index in [-0.39, 0.29) is 11.3 Å². The highest BCUT2D eigenvalue weighted by molar-refractivity contribution is 6.06. The molecule has 144 valence electrons. The predicted octanol–water partition coefficient (Wildman–Crippen LogP) is 2.19. The van der Waals surface area contributed by atoms with E-state index in [1.54, 1.807) is 0 Å². The maximum absolute atomic E-state index is 12.5. The van der Waals surface area contributed by atoms with Gasteiger partial charge in [-0.3, -0.25) is 9.69 Å². The lowest BCUT2D eigenvalue weighted by atomic mass is 9.75. The highest BCUT2D eigenvalue weighted by Crippen LogP contribution is 2.38. The Balaban J connectivity index is 1.61. The number of fused-ring (bicyclic) bond motifs is 1. The van der Waals surface area contributed by atoms with Crippen molar-refractivity contribution < 1.29 is 19.2 Å². The van der Waals surface area contributed by atoms with Crippen LogP contribution in [0.1, 0.15) is 54.1 Å². The third kappa shape index (κ3) is 4.10. The summed E-state index contributed by atoms with van der Waals surface area (Å²) < 4.78 is 11.2. The second-order valence-electron chi connectivity index (χ2n) is 7.98. The number of morpholine rings is 1. The van der Waals surface area contributed by atoms with Crippen molar-refractivity contribution in [2.45, 2.75) is 40.0 Å². The quantitative estimate of drug-likeness (QED) is 0.476. The van der Waals surface area contributed by atoms with Gasteiger partial charge in [0.05, 0.1) is 18.9 Å². The van der Waals surface area contributed by atoms with E-state index in [4.69, 9.17) is 9.15 Å². The number of ether oxygens (including phenoxy) is 1. The number of carbonyl (C=O) groups excluding carboxylic acids is 1. The molecule has 1 aliphatic heterocycles. The Morgan fingerprint density at radius 3 is 2.73 bits per heavy atom. The van der Waals surface area contributed by atoms with Gasteiger partial charge in [-0.1, -0.05) is 19.0 Å². The molecule has 2 N–H and O–H groups in total. The van der Waals surface area contributed by atoms with E-state index in [0.717, 1.165) is 62.6 Å². The fraction of sp³-hybridized carbons (Fsp3) is 0.684. The highest BCUT2D eigenvalue weighted by atomic mass is 16.5. The lowest BCUT2D eigenvalue weighted by molar-refractivity contribution is 0.0374. The Hall–Kier alpha value is -1.86. The zero-order chi connectivity index (χ0) is 18.7. The molecule has 1 fully saturated rings. The van der Waals surface area contributed by atoms with Crippen LogP contribution in [0.4, 0.5) is 0 Å². The van der Waals surface area contributed by atoms with Crippen molar-refractivity contribution in [1.82, 2.24) is 10.2 Å². The van der Waals surface area contributed by atoms with Crippen LogP contribution in [0.5, 0.6) is 0 Å². The molecule has 1 aromatic rings. The second-order valence-corrected chi connectivity index (χ2v) is 7.98. The minimum atomic E-state index is -0.200. The van der Waals surface area contributed by atoms with Crippen LogP contribution in [-0.4, -0.2) is 61.1 Å². The van der Waals surface area contributed by atoms with E-state index in [0.29, 0.717) is 24.4 Å². The minimum Gasteiger partial charge on any atom is -0.455 e. The molecule has 26 heavy (non-hydrogen) atoms. The first kappa shape index (κ1) is 18.9. The van der Waals surface area contributed by atoms with Crippen molar-refractivity contribution in [1.29, 1.82) is 0 Å². The summed E-state index contributed by atoms with van der Waals surface area (Å²) in [5, 5.41) is 15.8. The zero-order valence-electron chi connectivity index (χ0n) is 15.9. The van der Waals surface area contributed by atoms with Gasteiger partial charge in [-0.25, -0.2) is 0 Å². The van der Waals surface area contributed by atoms with Gasteiger partial charge in [0, 0.05) is 37.2 Å². The third-order valence-electron chi connectivity index (χ3n) is 5.16. The van der Waals surface area contributed by atoms with E-state index in [1.807, 2.05) is 6.92 Å². The highest BCUT2D eigenvalue weighted by Gasteiger charge is 2.36. The number of nitrogens with one attached hydrogen (secondary N) is 1. The average molecular weight is 363 g/mol. The number of amides is 1. The van der Waals surface area contributed by atoms with Crippen molar-refractivity contribution in [3.8, 4) is 0 Å². The number of hydrogen-bond donors (Lipinski definition) is 2. The summed E-state index contributed by atoms with van der Waals surface area (Å²) in [6, 6.07) is 0. The number of hydrogen-bond acceptors (Lipinski definition) is 6. The molecular formula is C19H29N3O4. The van der Waals surface area contributed by atoms with E-state index >= 15 is 0 Å². The molecule has 7 nitrogen and oxygen atoms in total. The van der Waals surface area contributed by atoms with Gasteiger partial charge < -0.3 is 19.7 Å². The van der Waals surface area contributed by atoms with Crippen molar-refractivity contribution in [3.63, 3.8) is 0 Å². The molecule has 1 aliphatic carbocycles. The number of furan rings is 1. The van der Waals surface area contributed by atoms with Crippen LogP contribution in [0.2, 0.25) is 0 Å². The first-order valence-corrected chi connectivity index (χ1v) is 9.33. The summed E-state index contributed by atoms with van der Waals surface area (Å²) in [6.07, 6.45) is 2.28. The van der Waals surface area contributed by atoms with E-state index in [9.17, 15) is 10.0 Å². The van der Waals surface area contributed by atoms with Gasteiger partial charge in [0.2, 0.25) is 0 Å². The summed E-state index contributed by atoms with van der Waals surface area (Å²) in [5.74, 6) is 0.874. The van der Waals surface area contributed by atoms with Crippen LogP contribution in [0.15, 0.2) is 9.57 Å². The Morgan fingerprint density at radius 1 is 1.31 bits per heavy atom. The first-order chi connectivity index (χ1) is 12.4. The fourth-order valence-electron chi connectivity index (χ4n) is 3.83. The Morgan fingerprint density at radius 2 is 2.04 bits per heavy atom. The van der Waals surface area contributed by atoms with Crippen molar-refractivity contribution >= 4 is 11.6 Å². The van der Waals surface area contributed by atoms with E-state index in [2.05, 4.69) is 29.2 Å². The monoisotopic (exact) mass is 363 g/mol. The normalized spacial score (nSPS) is 21.6. The summed E-state index contributed by atoms with van der Waals surface area (Å²) in [5.41, 5.74) is 2.10. The summed E-state index contributed by atoms with van der Waals surface area (Å²) in [6.45, 7) is 11.1. The Kier molecular flexibility index (Phi) is 5.67. The molecule has 0 radical (unpaired) electrons. The number of nitrogens with zero attached hydrogens (tertiary/aromatic N) is 2. The van der Waals surface area contributed by atoms with Crippen molar-refractivity contribution in [3.05, 3.63) is 22.6 Å². The fourth-order valence-corrected chi connectivity index (χ4v) is 3.83. The zero-order valence-corrected chi connectivity index (χ0v) is 15.9. The number of rotatable bonds is 5. The van der Waals surface area contributed by atoms with Gasteiger partial charge in [0.25, 0.3) is 5.91 Å². The van der Waals surface area contributed by atoms with E-state index in [1.165, 1.54) is 0 Å². The van der Waals surface area contributed by atoms with Gasteiger partial charge in [0.1, 0.15) is 5.76 Å². The van der Waals surface area contributed by atoms with Crippen LogP contribution in [0, 0.1) is 12.3 Å². The molecule has 0 atom stereocenters. The van der Waals surface area contributed by atoms with Gasteiger partial charge in [-0.05, 0) is 31.7 Å². The molecule has 1 aromatic heterocycles. The molecule has 3 rings (SSSR count). The molecule has 0 bridgehead atoms. The molecule has 2 heterocycles. The lowest BCUT2D eigenvalue weighted by Gasteiger charge is -2.28. The largest absolute Gasteiger partial charge is 0.455 e. The molecule has 0 saturated carbocycles. The van der Waals surface area contributed by atoms with Crippen molar-refractivity contribution in [2.24, 2.45) is 10.6 Å². The van der Waals surface area contributed by atoms with Crippen LogP contribution in [0.3, 0.4) is 0 Å². The molecule has 2 aliphatic rings. The van der Waals surface area contributed by atoms with Gasteiger partial charge in [0.15, 0.2) is 5.76 Å². The third-order valence-corrected chi connectivity index (χ3v) is 5.16. The molecule has 0 spiro atoms. The molecule has 1 saturated heterocycles. The molecule has 0 unspecified atom stereocenters. The van der Waals surface area contributed by atoms with Crippen LogP contribution in [0.25, 0.3) is 0 Å². The van der Waals surface area contributed by atoms with E-state index < -0.39 is 0 Å². The van der Waals surface area contributed by atoms with Gasteiger partial charge in [-0.2, -0.15) is 0 Å².